The second kappa shape index (κ2) is 16.5. The minimum atomic E-state index is -4.39. The Labute approximate surface area is 273 Å². The van der Waals surface area contributed by atoms with Crippen molar-refractivity contribution in [2.45, 2.75) is 65.7 Å². The number of carbonyl (C=O) groups excluding carboxylic acids is 1. The van der Waals surface area contributed by atoms with Crippen molar-refractivity contribution >= 4 is 5.91 Å². The van der Waals surface area contributed by atoms with Gasteiger partial charge in [0.05, 0.1) is 5.56 Å². The van der Waals surface area contributed by atoms with Crippen LogP contribution in [-0.4, -0.2) is 51.4 Å². The van der Waals surface area contributed by atoms with E-state index in [-0.39, 0.29) is 23.8 Å². The molecule has 4 aromatic rings. The molecule has 1 heterocycles. The van der Waals surface area contributed by atoms with Crippen molar-refractivity contribution in [1.29, 1.82) is 0 Å². The Morgan fingerprint density at radius 2 is 1.40 bits per heavy atom. The highest BCUT2D eigenvalue weighted by atomic mass is 19.4. The predicted molar refractivity (Wildman–Crippen MR) is 176 cm³/mol. The van der Waals surface area contributed by atoms with Crippen molar-refractivity contribution < 1.29 is 22.4 Å². The summed E-state index contributed by atoms with van der Waals surface area (Å²) in [4.78, 5) is 35.0. The normalized spacial score (nSPS) is 11.7. The van der Waals surface area contributed by atoms with Crippen molar-refractivity contribution in [2.75, 3.05) is 26.2 Å². The SMILES string of the molecule is CCc1cn(CC(=O)N(CCN(CC)CC)Cc2ccc(-c3ccc(C(F)(F)F)cc3)cc2)c(CCCc2ccc(F)cc2)nc1=O. The van der Waals surface area contributed by atoms with Gasteiger partial charge in [0.15, 0.2) is 0 Å². The quantitative estimate of drug-likeness (QED) is 0.128. The van der Waals surface area contributed by atoms with Crippen LogP contribution in [-0.2, 0) is 43.3 Å². The molecule has 0 atom stereocenters. The van der Waals surface area contributed by atoms with Gasteiger partial charge in [-0.15, -0.1) is 0 Å². The number of likely N-dealkylation sites (N-methyl/N-ethyl adjacent to an activating group) is 1. The van der Waals surface area contributed by atoms with E-state index < -0.39 is 11.7 Å². The van der Waals surface area contributed by atoms with Crippen LogP contribution >= 0.6 is 0 Å². The fraction of sp³-hybridized carbons (Fsp3) is 0.378. The van der Waals surface area contributed by atoms with Crippen molar-refractivity contribution in [3.8, 4) is 11.1 Å². The standard InChI is InChI=1S/C37H42F4N4O2/c1-4-29-25-45(34(42-36(29)47)9-7-8-27-12-20-33(38)21-13-27)26-35(46)44(23-22-43(5-2)6-3)24-28-10-14-30(15-11-28)31-16-18-32(19-17-31)37(39,40)41/h10-21,25H,4-9,22-24,26H2,1-3H3. The topological polar surface area (TPSA) is 58.4 Å². The van der Waals surface area contributed by atoms with Gasteiger partial charge in [-0.05, 0) is 78.9 Å². The van der Waals surface area contributed by atoms with E-state index in [0.717, 1.165) is 41.9 Å². The number of benzene rings is 3. The Morgan fingerprint density at radius 1 is 0.809 bits per heavy atom. The van der Waals surface area contributed by atoms with Gasteiger partial charge in [-0.25, -0.2) is 4.39 Å². The molecule has 0 unspecified atom stereocenters. The van der Waals surface area contributed by atoms with Gasteiger partial charge in [0, 0.05) is 37.8 Å². The number of nitrogens with zero attached hydrogens (tertiary/aromatic N) is 4. The number of alkyl halides is 3. The number of aryl methyl sites for hydroxylation is 3. The first-order valence-corrected chi connectivity index (χ1v) is 16.1. The first-order valence-electron chi connectivity index (χ1n) is 16.1. The molecule has 1 amide bonds. The van der Waals surface area contributed by atoms with Gasteiger partial charge in [-0.3, -0.25) is 9.59 Å². The third-order valence-corrected chi connectivity index (χ3v) is 8.42. The summed E-state index contributed by atoms with van der Waals surface area (Å²) in [6.07, 6.45) is -0.325. The second-order valence-electron chi connectivity index (χ2n) is 11.6. The lowest BCUT2D eigenvalue weighted by molar-refractivity contribution is -0.137. The summed E-state index contributed by atoms with van der Waals surface area (Å²) >= 11 is 0. The minimum absolute atomic E-state index is 0.0219. The first-order chi connectivity index (χ1) is 22.5. The Balaban J connectivity index is 1.52. The lowest BCUT2D eigenvalue weighted by atomic mass is 10.0. The lowest BCUT2D eigenvalue weighted by Gasteiger charge is -2.27. The maximum absolute atomic E-state index is 13.9. The number of carbonyl (C=O) groups is 1. The molecule has 47 heavy (non-hydrogen) atoms. The molecule has 0 saturated heterocycles. The molecule has 0 aliphatic heterocycles. The van der Waals surface area contributed by atoms with Gasteiger partial charge in [-0.1, -0.05) is 69.3 Å². The van der Waals surface area contributed by atoms with E-state index in [9.17, 15) is 27.2 Å². The summed E-state index contributed by atoms with van der Waals surface area (Å²) in [6.45, 7) is 9.28. The monoisotopic (exact) mass is 650 g/mol. The zero-order valence-electron chi connectivity index (χ0n) is 27.2. The van der Waals surface area contributed by atoms with Gasteiger partial charge in [0.2, 0.25) is 5.91 Å². The van der Waals surface area contributed by atoms with E-state index in [4.69, 9.17) is 0 Å². The maximum atomic E-state index is 13.9. The van der Waals surface area contributed by atoms with Crippen molar-refractivity contribution in [3.63, 3.8) is 0 Å². The molecule has 6 nitrogen and oxygen atoms in total. The molecule has 0 N–H and O–H groups in total. The van der Waals surface area contributed by atoms with Crippen LogP contribution in [0.15, 0.2) is 83.8 Å². The zero-order valence-corrected chi connectivity index (χ0v) is 27.2. The summed E-state index contributed by atoms with van der Waals surface area (Å²) in [5.41, 5.74) is 2.87. The van der Waals surface area contributed by atoms with Crippen LogP contribution < -0.4 is 5.56 Å². The average Bonchev–Trinajstić information content (AvgIpc) is 3.06. The fourth-order valence-electron chi connectivity index (χ4n) is 5.47. The highest BCUT2D eigenvalue weighted by Gasteiger charge is 2.30. The van der Waals surface area contributed by atoms with E-state index in [1.165, 1.54) is 24.3 Å². The lowest BCUT2D eigenvalue weighted by Crippen LogP contribution is -2.40. The molecule has 0 saturated carbocycles. The highest BCUT2D eigenvalue weighted by Crippen LogP contribution is 2.31. The van der Waals surface area contributed by atoms with Crippen molar-refractivity contribution in [2.24, 2.45) is 0 Å². The molecule has 4 rings (SSSR count). The minimum Gasteiger partial charge on any atom is -0.336 e. The largest absolute Gasteiger partial charge is 0.416 e. The van der Waals surface area contributed by atoms with Crippen LogP contribution in [0.5, 0.6) is 0 Å². The summed E-state index contributed by atoms with van der Waals surface area (Å²) in [5.74, 6) is 0.127. The molecule has 0 radical (unpaired) electrons. The molecular weight excluding hydrogens is 608 g/mol. The summed E-state index contributed by atoms with van der Waals surface area (Å²) < 4.78 is 54.1. The molecule has 1 aromatic heterocycles. The maximum Gasteiger partial charge on any atom is 0.416 e. The van der Waals surface area contributed by atoms with E-state index in [1.54, 1.807) is 27.8 Å². The van der Waals surface area contributed by atoms with Gasteiger partial charge >= 0.3 is 6.18 Å². The Kier molecular flexibility index (Phi) is 12.5. The van der Waals surface area contributed by atoms with Crippen LogP contribution in [0, 0.1) is 5.82 Å². The van der Waals surface area contributed by atoms with Gasteiger partial charge in [-0.2, -0.15) is 18.2 Å². The molecule has 3 aromatic carbocycles. The molecule has 0 fully saturated rings. The third kappa shape index (κ3) is 10.1. The fourth-order valence-corrected chi connectivity index (χ4v) is 5.47. The van der Waals surface area contributed by atoms with Crippen LogP contribution in [0.25, 0.3) is 11.1 Å². The average molecular weight is 651 g/mol. The van der Waals surface area contributed by atoms with Crippen LogP contribution in [0.4, 0.5) is 17.6 Å². The van der Waals surface area contributed by atoms with Crippen LogP contribution in [0.3, 0.4) is 0 Å². The molecule has 0 bridgehead atoms. The molecule has 250 valence electrons. The Bertz CT molecular complexity index is 1650. The van der Waals surface area contributed by atoms with Crippen molar-refractivity contribution in [1.82, 2.24) is 19.4 Å². The number of amides is 1. The predicted octanol–water partition coefficient (Wildman–Crippen LogP) is 7.18. The number of rotatable bonds is 15. The summed E-state index contributed by atoms with van der Waals surface area (Å²) in [7, 11) is 0. The molecular formula is C37H42F4N4O2. The van der Waals surface area contributed by atoms with Crippen molar-refractivity contribution in [3.05, 3.63) is 123 Å². The number of hydrogen-bond acceptors (Lipinski definition) is 4. The van der Waals surface area contributed by atoms with Gasteiger partial charge in [0.25, 0.3) is 5.56 Å². The number of aromatic nitrogens is 2. The highest BCUT2D eigenvalue weighted by molar-refractivity contribution is 5.76. The first kappa shape index (κ1) is 35.5. The Hall–Kier alpha value is -4.31. The van der Waals surface area contributed by atoms with E-state index >= 15 is 0 Å². The van der Waals surface area contributed by atoms with E-state index in [1.807, 2.05) is 31.2 Å². The Morgan fingerprint density at radius 3 is 1.98 bits per heavy atom. The van der Waals surface area contributed by atoms with Gasteiger partial charge in [0.1, 0.15) is 18.2 Å². The van der Waals surface area contributed by atoms with Crippen LogP contribution in [0.2, 0.25) is 0 Å². The number of halogens is 4. The third-order valence-electron chi connectivity index (χ3n) is 8.42. The summed E-state index contributed by atoms with van der Waals surface area (Å²) in [5, 5.41) is 0. The van der Waals surface area contributed by atoms with Crippen LogP contribution in [0.1, 0.15) is 55.3 Å². The number of hydrogen-bond donors (Lipinski definition) is 0. The molecule has 0 aliphatic carbocycles. The second-order valence-corrected chi connectivity index (χ2v) is 11.6. The molecule has 0 spiro atoms. The zero-order chi connectivity index (χ0) is 34.0. The molecule has 10 heteroatoms. The van der Waals surface area contributed by atoms with Gasteiger partial charge < -0.3 is 14.4 Å². The molecule has 0 aliphatic rings. The van der Waals surface area contributed by atoms with E-state index in [0.29, 0.717) is 62.3 Å². The summed E-state index contributed by atoms with van der Waals surface area (Å²) in [6, 6.07) is 18.9. The smallest absolute Gasteiger partial charge is 0.336 e. The van der Waals surface area contributed by atoms with E-state index in [2.05, 4.69) is 23.7 Å².